The van der Waals surface area contributed by atoms with Crippen LogP contribution in [0.4, 0.5) is 5.95 Å². The van der Waals surface area contributed by atoms with Crippen LogP contribution < -0.4 is 10.5 Å². The second-order valence-electron chi connectivity index (χ2n) is 5.86. The summed E-state index contributed by atoms with van der Waals surface area (Å²) in [7, 11) is 0. The average molecular weight is 311 g/mol. The molecule has 0 aromatic carbocycles. The third kappa shape index (κ3) is 2.52. The van der Waals surface area contributed by atoms with Gasteiger partial charge < -0.3 is 25.0 Å². The fourth-order valence-corrected chi connectivity index (χ4v) is 3.01. The van der Waals surface area contributed by atoms with Crippen molar-refractivity contribution in [2.45, 2.75) is 44.3 Å². The number of hydrogen-bond acceptors (Lipinski definition) is 7. The summed E-state index contributed by atoms with van der Waals surface area (Å²) in [5.74, 6) is 0.433. The first-order chi connectivity index (χ1) is 10.5. The van der Waals surface area contributed by atoms with Crippen molar-refractivity contribution in [1.29, 1.82) is 0 Å². The lowest BCUT2D eigenvalue weighted by molar-refractivity contribution is -0.0527. The summed E-state index contributed by atoms with van der Waals surface area (Å²) in [5.41, 5.74) is 0.116. The van der Waals surface area contributed by atoms with Crippen LogP contribution in [0.1, 0.15) is 24.6 Å². The number of ether oxygens (including phenoxy) is 1. The number of aromatic nitrogens is 2. The molecule has 4 atom stereocenters. The van der Waals surface area contributed by atoms with Crippen molar-refractivity contribution < 1.29 is 20.1 Å². The Morgan fingerprint density at radius 1 is 1.32 bits per heavy atom. The maximum atomic E-state index is 11.9. The average Bonchev–Trinajstić information content (AvgIpc) is 3.12. The van der Waals surface area contributed by atoms with Gasteiger partial charge in [0.05, 0.1) is 6.61 Å². The van der Waals surface area contributed by atoms with E-state index < -0.39 is 24.5 Å². The molecule has 3 rings (SSSR count). The molecule has 122 valence electrons. The van der Waals surface area contributed by atoms with E-state index in [-0.39, 0.29) is 12.2 Å². The largest absolute Gasteiger partial charge is 0.394 e. The third-order valence-electron chi connectivity index (χ3n) is 4.28. The van der Waals surface area contributed by atoms with E-state index in [0.29, 0.717) is 11.5 Å². The van der Waals surface area contributed by atoms with Gasteiger partial charge in [-0.25, -0.2) is 0 Å². The first kappa shape index (κ1) is 15.4. The van der Waals surface area contributed by atoms with Crippen molar-refractivity contribution >= 4 is 5.95 Å². The van der Waals surface area contributed by atoms with Crippen molar-refractivity contribution in [2.24, 2.45) is 0 Å². The molecule has 2 saturated heterocycles. The predicted octanol–water partition coefficient (Wildman–Crippen LogP) is -1.24. The second kappa shape index (κ2) is 5.96. The van der Waals surface area contributed by atoms with E-state index in [0.717, 1.165) is 25.9 Å². The van der Waals surface area contributed by atoms with Gasteiger partial charge in [0.2, 0.25) is 5.95 Å². The van der Waals surface area contributed by atoms with Gasteiger partial charge in [0.1, 0.15) is 18.3 Å². The fourth-order valence-electron chi connectivity index (χ4n) is 3.01. The molecule has 3 N–H and O–H groups in total. The van der Waals surface area contributed by atoms with Crippen LogP contribution >= 0.6 is 0 Å². The molecule has 1 aromatic heterocycles. The maximum absolute atomic E-state index is 11.9. The van der Waals surface area contributed by atoms with E-state index in [2.05, 4.69) is 4.98 Å². The number of nitrogens with zero attached hydrogens (tertiary/aromatic N) is 3. The lowest BCUT2D eigenvalue weighted by atomic mass is 10.1. The molecular weight excluding hydrogens is 290 g/mol. The molecule has 0 radical (unpaired) electrons. The molecule has 0 saturated carbocycles. The van der Waals surface area contributed by atoms with E-state index in [1.165, 1.54) is 0 Å². The van der Waals surface area contributed by atoms with Crippen molar-refractivity contribution in [1.82, 2.24) is 9.55 Å². The molecule has 2 aliphatic heterocycles. The molecule has 2 fully saturated rings. The molecule has 0 aliphatic carbocycles. The van der Waals surface area contributed by atoms with Crippen LogP contribution in [0, 0.1) is 6.92 Å². The fraction of sp³-hybridized carbons (Fsp3) is 0.714. The Bertz CT molecular complexity index is 599. The molecular formula is C14H21N3O5. The lowest BCUT2D eigenvalue weighted by Gasteiger charge is -2.26. The summed E-state index contributed by atoms with van der Waals surface area (Å²) in [6.45, 7) is 2.82. The van der Waals surface area contributed by atoms with Gasteiger partial charge in [-0.15, -0.1) is 0 Å². The molecule has 2 aliphatic rings. The second-order valence-corrected chi connectivity index (χ2v) is 5.86. The minimum atomic E-state index is -1.19. The Morgan fingerprint density at radius 2 is 2.00 bits per heavy atom. The van der Waals surface area contributed by atoms with Crippen LogP contribution in [0.25, 0.3) is 0 Å². The first-order valence-corrected chi connectivity index (χ1v) is 7.50. The highest BCUT2D eigenvalue weighted by atomic mass is 16.6. The van der Waals surface area contributed by atoms with Crippen LogP contribution in [-0.2, 0) is 4.74 Å². The highest BCUT2D eigenvalue weighted by Gasteiger charge is 2.44. The van der Waals surface area contributed by atoms with Crippen molar-refractivity contribution in [3.8, 4) is 0 Å². The molecule has 8 nitrogen and oxygen atoms in total. The monoisotopic (exact) mass is 311 g/mol. The highest BCUT2D eigenvalue weighted by Crippen LogP contribution is 2.32. The molecule has 0 bridgehead atoms. The lowest BCUT2D eigenvalue weighted by Crippen LogP contribution is -2.35. The summed E-state index contributed by atoms with van der Waals surface area (Å²) < 4.78 is 7.15. The Balaban J connectivity index is 2.02. The summed E-state index contributed by atoms with van der Waals surface area (Å²) in [6.07, 6.45) is -0.493. The predicted molar refractivity (Wildman–Crippen MR) is 77.7 cm³/mol. The van der Waals surface area contributed by atoms with Crippen LogP contribution in [0.3, 0.4) is 0 Å². The zero-order valence-electron chi connectivity index (χ0n) is 12.4. The zero-order valence-corrected chi connectivity index (χ0v) is 12.4. The summed E-state index contributed by atoms with van der Waals surface area (Å²) >= 11 is 0. The Morgan fingerprint density at radius 3 is 2.59 bits per heavy atom. The van der Waals surface area contributed by atoms with Crippen molar-refractivity contribution in [3.63, 3.8) is 0 Å². The zero-order chi connectivity index (χ0) is 15.9. The van der Waals surface area contributed by atoms with Gasteiger partial charge >= 0.3 is 0 Å². The summed E-state index contributed by atoms with van der Waals surface area (Å²) in [5, 5.41) is 29.4. The molecule has 1 aromatic rings. The normalized spacial score (nSPS) is 31.9. The van der Waals surface area contributed by atoms with Gasteiger partial charge in [-0.2, -0.15) is 4.98 Å². The molecule has 0 spiro atoms. The number of aliphatic hydroxyl groups is 3. The van der Waals surface area contributed by atoms with Gasteiger partial charge in [0.25, 0.3) is 5.56 Å². The van der Waals surface area contributed by atoms with Crippen LogP contribution in [0.15, 0.2) is 11.0 Å². The van der Waals surface area contributed by atoms with E-state index in [1.54, 1.807) is 17.7 Å². The number of hydrogen-bond donors (Lipinski definition) is 3. The Kier molecular flexibility index (Phi) is 4.18. The summed E-state index contributed by atoms with van der Waals surface area (Å²) in [4.78, 5) is 18.0. The van der Waals surface area contributed by atoms with Gasteiger partial charge in [-0.1, -0.05) is 0 Å². The quantitative estimate of drug-likeness (QED) is 0.641. The Labute approximate surface area is 127 Å². The SMILES string of the molecule is Cc1cn([C@@H]2O[C@H](CO)[C@@H](O)[C@H]2O)c(N2CCCC2)nc1=O. The van der Waals surface area contributed by atoms with Gasteiger partial charge in [0.15, 0.2) is 6.23 Å². The minimum Gasteiger partial charge on any atom is -0.394 e. The molecule has 0 unspecified atom stereocenters. The van der Waals surface area contributed by atoms with Crippen molar-refractivity contribution in [2.75, 3.05) is 24.6 Å². The first-order valence-electron chi connectivity index (χ1n) is 7.50. The van der Waals surface area contributed by atoms with Crippen LogP contribution in [-0.4, -0.2) is 62.9 Å². The van der Waals surface area contributed by atoms with E-state index in [9.17, 15) is 20.1 Å². The van der Waals surface area contributed by atoms with E-state index >= 15 is 0 Å². The van der Waals surface area contributed by atoms with Gasteiger partial charge in [-0.3, -0.25) is 9.36 Å². The number of rotatable bonds is 3. The molecule has 22 heavy (non-hydrogen) atoms. The topological polar surface area (TPSA) is 108 Å². The number of anilines is 1. The number of aryl methyl sites for hydroxylation is 1. The molecule has 8 heteroatoms. The summed E-state index contributed by atoms with van der Waals surface area (Å²) in [6, 6.07) is 0. The van der Waals surface area contributed by atoms with Crippen LogP contribution in [0.2, 0.25) is 0 Å². The standard InChI is InChI=1S/C14H21N3O5/c1-8-6-17(13-11(20)10(19)9(7-18)22-13)14(15-12(8)21)16-4-2-3-5-16/h6,9-11,13,18-20H,2-5,7H2,1H3/t9-,10-,11-,13-/m1/s1. The molecule has 0 amide bonds. The van der Waals surface area contributed by atoms with E-state index in [4.69, 9.17) is 4.74 Å². The minimum absolute atomic E-state index is 0.315. The highest BCUT2D eigenvalue weighted by molar-refractivity contribution is 5.34. The maximum Gasteiger partial charge on any atom is 0.277 e. The van der Waals surface area contributed by atoms with E-state index in [1.807, 2.05) is 4.90 Å². The Hall–Kier alpha value is -1.48. The molecule has 3 heterocycles. The van der Waals surface area contributed by atoms with Gasteiger partial charge in [0, 0.05) is 24.8 Å². The smallest absolute Gasteiger partial charge is 0.277 e. The van der Waals surface area contributed by atoms with Gasteiger partial charge in [-0.05, 0) is 19.8 Å². The van der Waals surface area contributed by atoms with Crippen molar-refractivity contribution in [3.05, 3.63) is 22.1 Å². The number of aliphatic hydroxyl groups excluding tert-OH is 3. The van der Waals surface area contributed by atoms with Crippen LogP contribution in [0.5, 0.6) is 0 Å². The third-order valence-corrected chi connectivity index (χ3v) is 4.28.